The van der Waals surface area contributed by atoms with E-state index in [1.807, 2.05) is 6.92 Å². The quantitative estimate of drug-likeness (QED) is 0.734. The van der Waals surface area contributed by atoms with Gasteiger partial charge >= 0.3 is 5.97 Å². The van der Waals surface area contributed by atoms with Gasteiger partial charge in [0.25, 0.3) is 0 Å². The monoisotopic (exact) mass is 215 g/mol. The lowest BCUT2D eigenvalue weighted by Gasteiger charge is -2.26. The maximum absolute atomic E-state index is 11.5. The molecule has 0 radical (unpaired) electrons. The first kappa shape index (κ1) is 13.9. The number of carboxylic acid groups (broad SMARTS) is 1. The zero-order chi connectivity index (χ0) is 12.0. The van der Waals surface area contributed by atoms with Crippen LogP contribution in [0.25, 0.3) is 0 Å². The maximum Gasteiger partial charge on any atom is 0.303 e. The Morgan fingerprint density at radius 1 is 1.20 bits per heavy atom. The van der Waals surface area contributed by atoms with Gasteiger partial charge in [0.2, 0.25) is 5.91 Å². The van der Waals surface area contributed by atoms with Crippen LogP contribution in [0, 0.1) is 5.92 Å². The fourth-order valence-corrected chi connectivity index (χ4v) is 1.48. The van der Waals surface area contributed by atoms with Crippen molar-refractivity contribution in [2.75, 3.05) is 7.05 Å². The van der Waals surface area contributed by atoms with Crippen molar-refractivity contribution in [1.29, 1.82) is 0 Å². The number of carbonyl (C=O) groups is 2. The Labute approximate surface area is 91.3 Å². The smallest absolute Gasteiger partial charge is 0.303 e. The standard InChI is InChI=1S/C11H21NO3/c1-8(2)7-9(3)12(4)10(13)5-6-11(14)15/h8-9H,5-7H2,1-4H3,(H,14,15). The first-order valence-corrected chi connectivity index (χ1v) is 5.32. The molecule has 0 saturated heterocycles. The fraction of sp³-hybridized carbons (Fsp3) is 0.818. The van der Waals surface area contributed by atoms with Crippen molar-refractivity contribution in [2.45, 2.75) is 46.1 Å². The molecule has 0 aliphatic heterocycles. The van der Waals surface area contributed by atoms with Crippen LogP contribution < -0.4 is 0 Å². The summed E-state index contributed by atoms with van der Waals surface area (Å²) < 4.78 is 0. The number of amides is 1. The molecule has 4 nitrogen and oxygen atoms in total. The minimum atomic E-state index is -0.923. The fourth-order valence-electron chi connectivity index (χ4n) is 1.48. The summed E-state index contributed by atoms with van der Waals surface area (Å²) in [6.45, 7) is 6.19. The number of carboxylic acids is 1. The number of nitrogens with zero attached hydrogens (tertiary/aromatic N) is 1. The van der Waals surface area contributed by atoms with Gasteiger partial charge in [-0.3, -0.25) is 9.59 Å². The molecule has 15 heavy (non-hydrogen) atoms. The number of hydrogen-bond acceptors (Lipinski definition) is 2. The predicted octanol–water partition coefficient (Wildman–Crippen LogP) is 1.74. The highest BCUT2D eigenvalue weighted by molar-refractivity contribution is 5.80. The molecule has 0 aromatic rings. The highest BCUT2D eigenvalue weighted by atomic mass is 16.4. The minimum absolute atomic E-state index is 0.0857. The van der Waals surface area contributed by atoms with Gasteiger partial charge in [-0.1, -0.05) is 13.8 Å². The van der Waals surface area contributed by atoms with Crippen molar-refractivity contribution in [3.8, 4) is 0 Å². The van der Waals surface area contributed by atoms with E-state index < -0.39 is 5.97 Å². The molecule has 0 aromatic carbocycles. The van der Waals surface area contributed by atoms with E-state index in [0.29, 0.717) is 5.92 Å². The summed E-state index contributed by atoms with van der Waals surface area (Å²) in [5.41, 5.74) is 0. The summed E-state index contributed by atoms with van der Waals surface area (Å²) in [5, 5.41) is 8.46. The second-order valence-corrected chi connectivity index (χ2v) is 4.38. The average Bonchev–Trinajstić information content (AvgIpc) is 2.11. The van der Waals surface area contributed by atoms with Crippen molar-refractivity contribution in [1.82, 2.24) is 4.90 Å². The molecular weight excluding hydrogens is 194 g/mol. The molecule has 1 amide bonds. The highest BCUT2D eigenvalue weighted by Gasteiger charge is 2.17. The lowest BCUT2D eigenvalue weighted by molar-refractivity contribution is -0.141. The van der Waals surface area contributed by atoms with Crippen molar-refractivity contribution in [3.63, 3.8) is 0 Å². The molecular formula is C11H21NO3. The second kappa shape index (κ2) is 6.43. The lowest BCUT2D eigenvalue weighted by Crippen LogP contribution is -2.36. The van der Waals surface area contributed by atoms with Crippen molar-refractivity contribution >= 4 is 11.9 Å². The molecule has 0 aromatic heterocycles. The third-order valence-electron chi connectivity index (χ3n) is 2.42. The van der Waals surface area contributed by atoms with Crippen LogP contribution in [0.5, 0.6) is 0 Å². The molecule has 0 aliphatic carbocycles. The molecule has 0 rings (SSSR count). The molecule has 1 unspecified atom stereocenters. The lowest BCUT2D eigenvalue weighted by atomic mass is 10.0. The molecule has 88 valence electrons. The Kier molecular flexibility index (Phi) is 5.97. The van der Waals surface area contributed by atoms with Crippen LogP contribution in [0.2, 0.25) is 0 Å². The summed E-state index contributed by atoms with van der Waals surface area (Å²) in [7, 11) is 1.73. The molecule has 0 bridgehead atoms. The number of aliphatic carboxylic acids is 1. The van der Waals surface area contributed by atoms with E-state index >= 15 is 0 Å². The van der Waals surface area contributed by atoms with Crippen LogP contribution in [0.3, 0.4) is 0 Å². The first-order chi connectivity index (χ1) is 6.84. The third-order valence-corrected chi connectivity index (χ3v) is 2.42. The Bertz CT molecular complexity index is 226. The van der Waals surface area contributed by atoms with Gasteiger partial charge in [-0.15, -0.1) is 0 Å². The van der Waals surface area contributed by atoms with Crippen LogP contribution in [0.15, 0.2) is 0 Å². The van der Waals surface area contributed by atoms with Gasteiger partial charge in [-0.2, -0.15) is 0 Å². The van der Waals surface area contributed by atoms with E-state index in [0.717, 1.165) is 6.42 Å². The Morgan fingerprint density at radius 3 is 2.13 bits per heavy atom. The van der Waals surface area contributed by atoms with E-state index in [1.165, 1.54) is 0 Å². The first-order valence-electron chi connectivity index (χ1n) is 5.32. The third kappa shape index (κ3) is 6.10. The van der Waals surface area contributed by atoms with Crippen LogP contribution in [-0.2, 0) is 9.59 Å². The summed E-state index contributed by atoms with van der Waals surface area (Å²) in [4.78, 5) is 23.5. The number of rotatable bonds is 6. The van der Waals surface area contributed by atoms with Gasteiger partial charge < -0.3 is 10.0 Å². The largest absolute Gasteiger partial charge is 0.481 e. The van der Waals surface area contributed by atoms with Gasteiger partial charge in [-0.25, -0.2) is 0 Å². The van der Waals surface area contributed by atoms with E-state index in [4.69, 9.17) is 5.11 Å². The van der Waals surface area contributed by atoms with E-state index in [1.54, 1.807) is 11.9 Å². The van der Waals surface area contributed by atoms with Crippen LogP contribution in [0.4, 0.5) is 0 Å². The van der Waals surface area contributed by atoms with Crippen molar-refractivity contribution in [2.24, 2.45) is 5.92 Å². The van der Waals surface area contributed by atoms with E-state index in [-0.39, 0.29) is 24.8 Å². The molecule has 0 spiro atoms. The summed E-state index contributed by atoms with van der Waals surface area (Å²) in [6.07, 6.45) is 0.946. The van der Waals surface area contributed by atoms with Crippen molar-refractivity contribution < 1.29 is 14.7 Å². The van der Waals surface area contributed by atoms with Gasteiger partial charge in [0.05, 0.1) is 6.42 Å². The molecule has 0 fully saturated rings. The van der Waals surface area contributed by atoms with Crippen LogP contribution >= 0.6 is 0 Å². The maximum atomic E-state index is 11.5. The second-order valence-electron chi connectivity index (χ2n) is 4.38. The zero-order valence-corrected chi connectivity index (χ0v) is 9.99. The van der Waals surface area contributed by atoms with Crippen LogP contribution in [0.1, 0.15) is 40.0 Å². The van der Waals surface area contributed by atoms with Gasteiger partial charge in [0.15, 0.2) is 0 Å². The van der Waals surface area contributed by atoms with Gasteiger partial charge in [0, 0.05) is 19.5 Å². The average molecular weight is 215 g/mol. The van der Waals surface area contributed by atoms with Gasteiger partial charge in [0.1, 0.15) is 0 Å². The Hall–Kier alpha value is -1.06. The number of carbonyl (C=O) groups excluding carboxylic acids is 1. The SMILES string of the molecule is CC(C)CC(C)N(C)C(=O)CCC(=O)O. The van der Waals surface area contributed by atoms with Crippen LogP contribution in [-0.4, -0.2) is 35.0 Å². The molecule has 1 atom stereocenters. The van der Waals surface area contributed by atoms with Crippen molar-refractivity contribution in [3.05, 3.63) is 0 Å². The van der Waals surface area contributed by atoms with E-state index in [2.05, 4.69) is 13.8 Å². The Morgan fingerprint density at radius 2 is 1.73 bits per heavy atom. The molecule has 0 aliphatic rings. The summed E-state index contributed by atoms with van der Waals surface area (Å²) in [6, 6.07) is 0.172. The number of hydrogen-bond donors (Lipinski definition) is 1. The topological polar surface area (TPSA) is 57.6 Å². The molecule has 0 saturated carbocycles. The Balaban J connectivity index is 4.01. The molecule has 1 N–H and O–H groups in total. The zero-order valence-electron chi connectivity index (χ0n) is 9.99. The normalized spacial score (nSPS) is 12.6. The van der Waals surface area contributed by atoms with Gasteiger partial charge in [-0.05, 0) is 19.3 Å². The van der Waals surface area contributed by atoms with E-state index in [9.17, 15) is 9.59 Å². The predicted molar refractivity (Wildman–Crippen MR) is 58.6 cm³/mol. The highest BCUT2D eigenvalue weighted by Crippen LogP contribution is 2.11. The molecule has 0 heterocycles. The molecule has 4 heteroatoms. The minimum Gasteiger partial charge on any atom is -0.481 e. The summed E-state index contributed by atoms with van der Waals surface area (Å²) in [5.74, 6) is -0.478. The summed E-state index contributed by atoms with van der Waals surface area (Å²) >= 11 is 0.